The molecule has 2 aromatic carbocycles. The molecule has 3 rings (SSSR count). The fourth-order valence-corrected chi connectivity index (χ4v) is 2.21. The average Bonchev–Trinajstić information content (AvgIpc) is 2.91. The van der Waals surface area contributed by atoms with Crippen molar-refractivity contribution in [3.63, 3.8) is 0 Å². The molecule has 0 atom stereocenters. The minimum atomic E-state index is -0.286. The lowest BCUT2D eigenvalue weighted by Crippen LogP contribution is -1.92. The standard InChI is InChI=1S/C16H14FN3O/c1-9-8-11(17)6-7-12(9)15-19-16(21-20-15)13-4-3-5-14(18)10(13)2/h3-8H,18H2,1-2H3. The molecule has 0 saturated carbocycles. The summed E-state index contributed by atoms with van der Waals surface area (Å²) in [6, 6.07) is 10.00. The molecule has 0 unspecified atom stereocenters. The lowest BCUT2D eigenvalue weighted by Gasteiger charge is -2.03. The van der Waals surface area contributed by atoms with Crippen molar-refractivity contribution in [3.8, 4) is 22.8 Å². The summed E-state index contributed by atoms with van der Waals surface area (Å²) in [5.41, 5.74) is 9.75. The molecule has 2 N–H and O–H groups in total. The van der Waals surface area contributed by atoms with E-state index in [1.807, 2.05) is 25.1 Å². The van der Waals surface area contributed by atoms with Crippen LogP contribution in [-0.2, 0) is 0 Å². The summed E-state index contributed by atoms with van der Waals surface area (Å²) in [4.78, 5) is 4.39. The molecule has 0 saturated heterocycles. The van der Waals surface area contributed by atoms with Crippen LogP contribution in [0.5, 0.6) is 0 Å². The number of hydrogen-bond donors (Lipinski definition) is 1. The number of nitrogens with two attached hydrogens (primary N) is 1. The molecule has 1 aromatic heterocycles. The van der Waals surface area contributed by atoms with Gasteiger partial charge in [0.05, 0.1) is 0 Å². The van der Waals surface area contributed by atoms with Crippen molar-refractivity contribution in [2.45, 2.75) is 13.8 Å². The number of aromatic nitrogens is 2. The van der Waals surface area contributed by atoms with E-state index < -0.39 is 0 Å². The van der Waals surface area contributed by atoms with Gasteiger partial charge in [-0.1, -0.05) is 11.2 Å². The summed E-state index contributed by atoms with van der Waals surface area (Å²) in [7, 11) is 0. The van der Waals surface area contributed by atoms with E-state index in [0.717, 1.165) is 22.3 Å². The lowest BCUT2D eigenvalue weighted by molar-refractivity contribution is 0.432. The van der Waals surface area contributed by atoms with Crippen LogP contribution in [0.1, 0.15) is 11.1 Å². The number of hydrogen-bond acceptors (Lipinski definition) is 4. The van der Waals surface area contributed by atoms with Gasteiger partial charge >= 0.3 is 0 Å². The number of aryl methyl sites for hydroxylation is 1. The summed E-state index contributed by atoms with van der Waals surface area (Å²) < 4.78 is 18.5. The van der Waals surface area contributed by atoms with Crippen LogP contribution in [0.3, 0.4) is 0 Å². The van der Waals surface area contributed by atoms with Gasteiger partial charge in [0, 0.05) is 16.8 Å². The first kappa shape index (κ1) is 13.3. The topological polar surface area (TPSA) is 64.9 Å². The molecule has 4 nitrogen and oxygen atoms in total. The Morgan fingerprint density at radius 3 is 2.67 bits per heavy atom. The third kappa shape index (κ3) is 2.38. The number of anilines is 1. The van der Waals surface area contributed by atoms with Crippen molar-refractivity contribution in [1.29, 1.82) is 0 Å². The third-order valence-corrected chi connectivity index (χ3v) is 3.46. The zero-order chi connectivity index (χ0) is 15.0. The molecule has 5 heteroatoms. The first-order chi connectivity index (χ1) is 10.1. The molecular weight excluding hydrogens is 269 g/mol. The summed E-state index contributed by atoms with van der Waals surface area (Å²) in [6.45, 7) is 3.71. The Morgan fingerprint density at radius 1 is 1.10 bits per heavy atom. The molecule has 0 bridgehead atoms. The molecular formula is C16H14FN3O. The second-order valence-corrected chi connectivity index (χ2v) is 4.90. The van der Waals surface area contributed by atoms with Gasteiger partial charge in [-0.05, 0) is 55.3 Å². The highest BCUT2D eigenvalue weighted by Gasteiger charge is 2.15. The van der Waals surface area contributed by atoms with E-state index >= 15 is 0 Å². The van der Waals surface area contributed by atoms with Crippen molar-refractivity contribution in [1.82, 2.24) is 10.1 Å². The van der Waals surface area contributed by atoms with Gasteiger partial charge < -0.3 is 10.3 Å². The molecule has 0 spiro atoms. The summed E-state index contributed by atoms with van der Waals surface area (Å²) in [6.07, 6.45) is 0. The lowest BCUT2D eigenvalue weighted by atomic mass is 10.1. The molecule has 0 aliphatic heterocycles. The van der Waals surface area contributed by atoms with E-state index in [1.54, 1.807) is 13.0 Å². The van der Waals surface area contributed by atoms with E-state index in [-0.39, 0.29) is 5.82 Å². The average molecular weight is 283 g/mol. The normalized spacial score (nSPS) is 10.8. The Balaban J connectivity index is 2.06. The molecule has 0 aliphatic rings. The molecule has 3 aromatic rings. The fourth-order valence-electron chi connectivity index (χ4n) is 2.21. The van der Waals surface area contributed by atoms with Crippen molar-refractivity contribution in [3.05, 3.63) is 53.3 Å². The van der Waals surface area contributed by atoms with Crippen molar-refractivity contribution in [2.75, 3.05) is 5.73 Å². The van der Waals surface area contributed by atoms with Crippen LogP contribution in [0, 0.1) is 19.7 Å². The monoisotopic (exact) mass is 283 g/mol. The van der Waals surface area contributed by atoms with Gasteiger partial charge in [0.1, 0.15) is 5.82 Å². The van der Waals surface area contributed by atoms with Gasteiger partial charge in [0.2, 0.25) is 5.82 Å². The van der Waals surface area contributed by atoms with Crippen LogP contribution in [0.25, 0.3) is 22.8 Å². The summed E-state index contributed by atoms with van der Waals surface area (Å²) in [5.74, 6) is 0.550. The van der Waals surface area contributed by atoms with Gasteiger partial charge in [0.25, 0.3) is 5.89 Å². The highest BCUT2D eigenvalue weighted by atomic mass is 19.1. The number of nitrogen functional groups attached to an aromatic ring is 1. The summed E-state index contributed by atoms with van der Waals surface area (Å²) in [5, 5.41) is 3.97. The molecule has 0 amide bonds. The Hall–Kier alpha value is -2.69. The van der Waals surface area contributed by atoms with Crippen LogP contribution in [-0.4, -0.2) is 10.1 Å². The number of halogens is 1. The van der Waals surface area contributed by atoms with Crippen LogP contribution in [0.15, 0.2) is 40.9 Å². The second kappa shape index (κ2) is 5.01. The number of nitrogens with zero attached hydrogens (tertiary/aromatic N) is 2. The molecule has 21 heavy (non-hydrogen) atoms. The largest absolute Gasteiger partial charge is 0.398 e. The molecule has 1 heterocycles. The Morgan fingerprint density at radius 2 is 1.90 bits per heavy atom. The van der Waals surface area contributed by atoms with Gasteiger partial charge in [0.15, 0.2) is 0 Å². The van der Waals surface area contributed by atoms with Gasteiger partial charge in [-0.15, -0.1) is 0 Å². The van der Waals surface area contributed by atoms with E-state index in [1.165, 1.54) is 12.1 Å². The van der Waals surface area contributed by atoms with E-state index in [2.05, 4.69) is 10.1 Å². The SMILES string of the molecule is Cc1cc(F)ccc1-c1noc(-c2cccc(N)c2C)n1. The molecule has 0 radical (unpaired) electrons. The first-order valence-electron chi connectivity index (χ1n) is 6.52. The van der Waals surface area contributed by atoms with Crippen LogP contribution in [0.4, 0.5) is 10.1 Å². The van der Waals surface area contributed by atoms with E-state index in [9.17, 15) is 4.39 Å². The smallest absolute Gasteiger partial charge is 0.258 e. The maximum Gasteiger partial charge on any atom is 0.258 e. The fraction of sp³-hybridized carbons (Fsp3) is 0.125. The predicted molar refractivity (Wildman–Crippen MR) is 79.0 cm³/mol. The van der Waals surface area contributed by atoms with E-state index in [4.69, 9.17) is 10.3 Å². The van der Waals surface area contributed by atoms with Crippen molar-refractivity contribution < 1.29 is 8.91 Å². The van der Waals surface area contributed by atoms with Crippen LogP contribution in [0.2, 0.25) is 0 Å². The van der Waals surface area contributed by atoms with Gasteiger partial charge in [-0.25, -0.2) is 4.39 Å². The Kier molecular flexibility index (Phi) is 3.17. The highest BCUT2D eigenvalue weighted by molar-refractivity contribution is 5.68. The highest BCUT2D eigenvalue weighted by Crippen LogP contribution is 2.28. The second-order valence-electron chi connectivity index (χ2n) is 4.90. The third-order valence-electron chi connectivity index (χ3n) is 3.46. The van der Waals surface area contributed by atoms with Crippen LogP contribution >= 0.6 is 0 Å². The Labute approximate surface area is 121 Å². The van der Waals surface area contributed by atoms with Crippen LogP contribution < -0.4 is 5.73 Å². The number of rotatable bonds is 2. The maximum absolute atomic E-state index is 13.2. The Bertz CT molecular complexity index is 811. The van der Waals surface area contributed by atoms with E-state index in [0.29, 0.717) is 17.4 Å². The van der Waals surface area contributed by atoms with Crippen molar-refractivity contribution >= 4 is 5.69 Å². The first-order valence-corrected chi connectivity index (χ1v) is 6.52. The maximum atomic E-state index is 13.2. The summed E-state index contributed by atoms with van der Waals surface area (Å²) >= 11 is 0. The quantitative estimate of drug-likeness (QED) is 0.727. The van der Waals surface area contributed by atoms with Gasteiger partial charge in [-0.3, -0.25) is 0 Å². The molecule has 0 aliphatic carbocycles. The molecule has 0 fully saturated rings. The number of benzene rings is 2. The molecule has 106 valence electrons. The minimum absolute atomic E-state index is 0.286. The zero-order valence-electron chi connectivity index (χ0n) is 11.7. The zero-order valence-corrected chi connectivity index (χ0v) is 11.7. The van der Waals surface area contributed by atoms with Crippen molar-refractivity contribution in [2.24, 2.45) is 0 Å². The minimum Gasteiger partial charge on any atom is -0.398 e. The predicted octanol–water partition coefficient (Wildman–Crippen LogP) is 3.74. The van der Waals surface area contributed by atoms with Gasteiger partial charge in [-0.2, -0.15) is 4.98 Å².